The Bertz CT molecular complexity index is 639. The number of carboxylic acid groups (broad SMARTS) is 1. The molecule has 1 N–H and O–H groups in total. The number of sulfonamides is 1. The number of carboxylic acids is 1. The first kappa shape index (κ1) is 14.0. The number of hydrogen-bond acceptors (Lipinski definition) is 3. The number of rotatable bonds is 3. The lowest BCUT2D eigenvalue weighted by molar-refractivity contribution is 0.0696. The average Bonchev–Trinajstić information content (AvgIpc) is 2.39. The summed E-state index contributed by atoms with van der Waals surface area (Å²) in [7, 11) is -3.76. The van der Waals surface area contributed by atoms with Crippen molar-refractivity contribution in [2.24, 2.45) is 0 Å². The minimum Gasteiger partial charge on any atom is -0.478 e. The van der Waals surface area contributed by atoms with Crippen LogP contribution in [0, 0.1) is 0 Å². The van der Waals surface area contributed by atoms with Crippen molar-refractivity contribution in [2.45, 2.75) is 11.3 Å². The molecule has 2 rings (SSSR count). The third-order valence-corrected chi connectivity index (χ3v) is 5.16. The quantitative estimate of drug-likeness (QED) is 0.866. The van der Waals surface area contributed by atoms with E-state index in [4.69, 9.17) is 16.7 Å². The average molecular weight is 302 g/mol. The van der Waals surface area contributed by atoms with Crippen molar-refractivity contribution in [3.05, 3.63) is 40.9 Å². The van der Waals surface area contributed by atoms with E-state index in [2.05, 4.69) is 0 Å². The van der Waals surface area contributed by atoms with Crippen molar-refractivity contribution in [1.29, 1.82) is 0 Å². The van der Waals surface area contributed by atoms with Gasteiger partial charge in [0.15, 0.2) is 0 Å². The maximum Gasteiger partial charge on any atom is 0.335 e. The standard InChI is InChI=1S/C12H12ClNO4S/c13-10-5-4-9(12(15)16)8-11(10)19(17,18)14-6-2-1-3-7-14/h1-2,4-5,8H,3,6-7H2,(H,15,16). The molecule has 0 atom stereocenters. The molecule has 0 fully saturated rings. The summed E-state index contributed by atoms with van der Waals surface area (Å²) < 4.78 is 26.1. The molecule has 5 nitrogen and oxygen atoms in total. The highest BCUT2D eigenvalue weighted by atomic mass is 35.5. The van der Waals surface area contributed by atoms with Gasteiger partial charge in [0, 0.05) is 13.1 Å². The van der Waals surface area contributed by atoms with Gasteiger partial charge >= 0.3 is 5.97 Å². The molecule has 19 heavy (non-hydrogen) atoms. The molecule has 0 unspecified atom stereocenters. The second kappa shape index (κ2) is 5.32. The summed E-state index contributed by atoms with van der Waals surface area (Å²) in [6.45, 7) is 0.641. The van der Waals surface area contributed by atoms with Gasteiger partial charge in [-0.3, -0.25) is 0 Å². The zero-order valence-corrected chi connectivity index (χ0v) is 11.5. The predicted octanol–water partition coefficient (Wildman–Crippen LogP) is 1.99. The van der Waals surface area contributed by atoms with Crippen molar-refractivity contribution in [2.75, 3.05) is 13.1 Å². The van der Waals surface area contributed by atoms with Crippen LogP contribution in [0.1, 0.15) is 16.8 Å². The van der Waals surface area contributed by atoms with Gasteiger partial charge in [0.25, 0.3) is 0 Å². The number of aromatic carboxylic acids is 1. The van der Waals surface area contributed by atoms with Crippen molar-refractivity contribution in [3.63, 3.8) is 0 Å². The van der Waals surface area contributed by atoms with E-state index in [-0.39, 0.29) is 22.0 Å². The number of halogens is 1. The lowest BCUT2D eigenvalue weighted by Crippen LogP contribution is -2.34. The highest BCUT2D eigenvalue weighted by molar-refractivity contribution is 7.89. The highest BCUT2D eigenvalue weighted by Crippen LogP contribution is 2.26. The van der Waals surface area contributed by atoms with Crippen LogP contribution < -0.4 is 0 Å². The van der Waals surface area contributed by atoms with Gasteiger partial charge in [0.2, 0.25) is 10.0 Å². The first-order valence-corrected chi connectivity index (χ1v) is 7.43. The molecule has 1 aromatic carbocycles. The van der Waals surface area contributed by atoms with E-state index < -0.39 is 16.0 Å². The molecule has 0 aliphatic carbocycles. The minimum absolute atomic E-state index is 0.0274. The first-order chi connectivity index (χ1) is 8.93. The van der Waals surface area contributed by atoms with Gasteiger partial charge in [0.1, 0.15) is 4.90 Å². The Hall–Kier alpha value is -1.37. The lowest BCUT2D eigenvalue weighted by atomic mass is 10.2. The molecule has 7 heteroatoms. The summed E-state index contributed by atoms with van der Waals surface area (Å²) >= 11 is 5.89. The molecule has 0 radical (unpaired) electrons. The van der Waals surface area contributed by atoms with E-state index in [1.54, 1.807) is 6.08 Å². The lowest BCUT2D eigenvalue weighted by Gasteiger charge is -2.23. The van der Waals surface area contributed by atoms with Crippen LogP contribution in [-0.2, 0) is 10.0 Å². The maximum absolute atomic E-state index is 12.4. The molecule has 1 aliphatic heterocycles. The van der Waals surface area contributed by atoms with Crippen molar-refractivity contribution in [1.82, 2.24) is 4.31 Å². The van der Waals surface area contributed by atoms with Gasteiger partial charge in [-0.05, 0) is 24.6 Å². The molecule has 0 amide bonds. The molecular weight excluding hydrogens is 290 g/mol. The normalized spacial score (nSPS) is 16.5. The summed E-state index contributed by atoms with van der Waals surface area (Å²) in [6.07, 6.45) is 4.30. The summed E-state index contributed by atoms with van der Waals surface area (Å²) in [5.41, 5.74) is -0.101. The Morgan fingerprint density at radius 2 is 2.05 bits per heavy atom. The van der Waals surface area contributed by atoms with Crippen LogP contribution in [0.4, 0.5) is 0 Å². The molecule has 1 aliphatic rings. The van der Waals surface area contributed by atoms with Crippen LogP contribution in [-0.4, -0.2) is 36.9 Å². The second-order valence-corrected chi connectivity index (χ2v) is 6.39. The zero-order chi connectivity index (χ0) is 14.0. The van der Waals surface area contributed by atoms with Crippen LogP contribution in [0.15, 0.2) is 35.2 Å². The fourth-order valence-corrected chi connectivity index (χ4v) is 3.72. The SMILES string of the molecule is O=C(O)c1ccc(Cl)c(S(=O)(=O)N2CC=CCC2)c1. The fourth-order valence-electron chi connectivity index (χ4n) is 1.81. The summed E-state index contributed by atoms with van der Waals surface area (Å²) in [6, 6.07) is 3.66. The third-order valence-electron chi connectivity index (χ3n) is 2.82. The number of benzene rings is 1. The van der Waals surface area contributed by atoms with Crippen LogP contribution in [0.3, 0.4) is 0 Å². The highest BCUT2D eigenvalue weighted by Gasteiger charge is 2.27. The Balaban J connectivity index is 2.47. The molecule has 0 saturated heterocycles. The third kappa shape index (κ3) is 2.80. The van der Waals surface area contributed by atoms with Gasteiger partial charge < -0.3 is 5.11 Å². The van der Waals surface area contributed by atoms with Crippen LogP contribution in [0.25, 0.3) is 0 Å². The number of hydrogen-bond donors (Lipinski definition) is 1. The molecule has 0 aromatic heterocycles. The molecule has 0 spiro atoms. The van der Waals surface area contributed by atoms with E-state index in [1.807, 2.05) is 6.08 Å². The Labute approximate surface area is 116 Å². The summed E-state index contributed by atoms with van der Waals surface area (Å²) in [5.74, 6) is -1.19. The van der Waals surface area contributed by atoms with Crippen LogP contribution >= 0.6 is 11.6 Å². The monoisotopic (exact) mass is 301 g/mol. The van der Waals surface area contributed by atoms with E-state index in [0.29, 0.717) is 13.0 Å². The fraction of sp³-hybridized carbons (Fsp3) is 0.250. The van der Waals surface area contributed by atoms with Crippen LogP contribution in [0.5, 0.6) is 0 Å². The van der Waals surface area contributed by atoms with Crippen molar-refractivity contribution in [3.8, 4) is 0 Å². The first-order valence-electron chi connectivity index (χ1n) is 5.61. The molecular formula is C12H12ClNO4S. The van der Waals surface area contributed by atoms with Gasteiger partial charge in [0.05, 0.1) is 10.6 Å². The van der Waals surface area contributed by atoms with Gasteiger partial charge in [-0.2, -0.15) is 4.31 Å². The number of nitrogens with zero attached hydrogens (tertiary/aromatic N) is 1. The minimum atomic E-state index is -3.76. The molecule has 102 valence electrons. The van der Waals surface area contributed by atoms with E-state index >= 15 is 0 Å². The largest absolute Gasteiger partial charge is 0.478 e. The summed E-state index contributed by atoms with van der Waals surface area (Å²) in [4.78, 5) is 10.7. The Morgan fingerprint density at radius 1 is 1.32 bits per heavy atom. The van der Waals surface area contributed by atoms with Gasteiger partial charge in [-0.1, -0.05) is 23.8 Å². The maximum atomic E-state index is 12.4. The van der Waals surface area contributed by atoms with Crippen molar-refractivity contribution >= 4 is 27.6 Å². The van der Waals surface area contributed by atoms with Gasteiger partial charge in [-0.25, -0.2) is 13.2 Å². The number of carbonyl (C=O) groups is 1. The molecule has 0 saturated carbocycles. The van der Waals surface area contributed by atoms with Crippen LogP contribution in [0.2, 0.25) is 5.02 Å². The topological polar surface area (TPSA) is 74.7 Å². The molecule has 0 bridgehead atoms. The smallest absolute Gasteiger partial charge is 0.335 e. The van der Waals surface area contributed by atoms with E-state index in [1.165, 1.54) is 16.4 Å². The zero-order valence-electron chi connectivity index (χ0n) is 9.91. The van der Waals surface area contributed by atoms with E-state index in [0.717, 1.165) is 6.07 Å². The van der Waals surface area contributed by atoms with E-state index in [9.17, 15) is 13.2 Å². The van der Waals surface area contributed by atoms with Gasteiger partial charge in [-0.15, -0.1) is 0 Å². The predicted molar refractivity (Wildman–Crippen MR) is 70.9 cm³/mol. The summed E-state index contributed by atoms with van der Waals surface area (Å²) in [5, 5.41) is 8.94. The Morgan fingerprint density at radius 3 is 2.63 bits per heavy atom. The Kier molecular flexibility index (Phi) is 3.93. The molecule has 1 aromatic rings. The molecule has 1 heterocycles. The van der Waals surface area contributed by atoms with Crippen molar-refractivity contribution < 1.29 is 18.3 Å². The second-order valence-electron chi connectivity index (χ2n) is 4.07.